The largest absolute Gasteiger partial charge is 0.478 e. The molecule has 0 atom stereocenters. The minimum absolute atomic E-state index is 0.0641. The van der Waals surface area contributed by atoms with Gasteiger partial charge >= 0.3 is 11.9 Å². The van der Waals surface area contributed by atoms with E-state index in [4.69, 9.17) is 0 Å². The van der Waals surface area contributed by atoms with Crippen LogP contribution in [-0.4, -0.2) is 60.3 Å². The lowest BCUT2D eigenvalue weighted by atomic mass is 10.1. The summed E-state index contributed by atoms with van der Waals surface area (Å²) in [5.41, 5.74) is 4.28. The molecule has 2 heterocycles. The Morgan fingerprint density at radius 1 is 0.658 bits per heavy atom. The monoisotopic (exact) mass is 546 g/mol. The number of anilines is 2. The minimum Gasteiger partial charge on any atom is -0.478 e. The van der Waals surface area contributed by atoms with E-state index in [-0.39, 0.29) is 11.1 Å². The van der Waals surface area contributed by atoms with Crippen molar-refractivity contribution in [2.24, 2.45) is 0 Å². The highest BCUT2D eigenvalue weighted by molar-refractivity contribution is 7.19. The topological polar surface area (TPSA) is 107 Å². The van der Waals surface area contributed by atoms with Crippen molar-refractivity contribution in [1.29, 1.82) is 0 Å². The molecule has 2 aromatic carbocycles. The molecule has 0 aliphatic rings. The van der Waals surface area contributed by atoms with E-state index >= 15 is 0 Å². The predicted octanol–water partition coefficient (Wildman–Crippen LogP) is 5.65. The van der Waals surface area contributed by atoms with Crippen LogP contribution in [0.2, 0.25) is 0 Å². The fourth-order valence-electron chi connectivity index (χ4n) is 3.55. The lowest BCUT2D eigenvalue weighted by Gasteiger charge is -2.12. The second-order valence-electron chi connectivity index (χ2n) is 8.77. The molecular formula is C28H26N4O4S2. The van der Waals surface area contributed by atoms with Crippen LogP contribution >= 0.6 is 22.7 Å². The lowest BCUT2D eigenvalue weighted by Crippen LogP contribution is -2.08. The van der Waals surface area contributed by atoms with E-state index in [1.807, 2.05) is 86.5 Å². The van der Waals surface area contributed by atoms with Crippen LogP contribution in [0.1, 0.15) is 22.5 Å². The van der Waals surface area contributed by atoms with Crippen molar-refractivity contribution in [3.8, 4) is 10.0 Å². The zero-order chi connectivity index (χ0) is 27.4. The summed E-state index contributed by atoms with van der Waals surface area (Å²) in [6.45, 7) is 0. The molecule has 194 valence electrons. The van der Waals surface area contributed by atoms with Gasteiger partial charge < -0.3 is 20.0 Å². The third-order valence-electron chi connectivity index (χ3n) is 5.65. The molecule has 2 aromatic heterocycles. The van der Waals surface area contributed by atoms with E-state index in [1.165, 1.54) is 22.7 Å². The average molecular weight is 547 g/mol. The normalized spacial score (nSPS) is 11.9. The molecule has 0 bridgehead atoms. The Morgan fingerprint density at radius 3 is 1.29 bits per heavy atom. The second-order valence-corrected chi connectivity index (χ2v) is 10.5. The van der Waals surface area contributed by atoms with Crippen molar-refractivity contribution in [1.82, 2.24) is 9.97 Å². The summed E-state index contributed by atoms with van der Waals surface area (Å²) in [6, 6.07) is 15.1. The summed E-state index contributed by atoms with van der Waals surface area (Å²) in [6.07, 6.45) is 3.17. The van der Waals surface area contributed by atoms with Crippen LogP contribution < -0.4 is 9.80 Å². The van der Waals surface area contributed by atoms with Crippen molar-refractivity contribution < 1.29 is 19.8 Å². The summed E-state index contributed by atoms with van der Waals surface area (Å²) < 4.78 is 0. The average Bonchev–Trinajstić information content (AvgIpc) is 3.56. The molecule has 0 saturated carbocycles. The van der Waals surface area contributed by atoms with E-state index in [9.17, 15) is 19.8 Å². The first-order chi connectivity index (χ1) is 18.1. The fourth-order valence-corrected chi connectivity index (χ4v) is 5.24. The highest BCUT2D eigenvalue weighted by atomic mass is 32.1. The molecule has 0 amide bonds. The van der Waals surface area contributed by atoms with Crippen LogP contribution in [0, 0.1) is 0 Å². The number of hydrogen-bond acceptors (Lipinski definition) is 8. The molecule has 0 spiro atoms. The SMILES string of the molecule is CN(C)c1ccc(/C=C(\C(=O)O)c2csc(-c3nc(/C(=C\c4ccc(N(C)C)cc4)C(=O)O)cs3)n2)cc1. The number of hydrogen-bond donors (Lipinski definition) is 2. The Kier molecular flexibility index (Phi) is 8.04. The molecule has 0 aliphatic heterocycles. The van der Waals surface area contributed by atoms with Crippen LogP contribution in [0.4, 0.5) is 11.4 Å². The number of aliphatic carboxylic acids is 2. The molecule has 2 N–H and O–H groups in total. The predicted molar refractivity (Wildman–Crippen MR) is 156 cm³/mol. The van der Waals surface area contributed by atoms with E-state index in [0.29, 0.717) is 21.4 Å². The summed E-state index contributed by atoms with van der Waals surface area (Å²) in [5, 5.41) is 24.1. The molecule has 0 aliphatic carbocycles. The van der Waals surface area contributed by atoms with Crippen LogP contribution in [0.15, 0.2) is 59.3 Å². The molecule has 4 aromatic rings. The number of nitrogens with zero attached hydrogens (tertiary/aromatic N) is 4. The van der Waals surface area contributed by atoms with Crippen molar-refractivity contribution in [3.05, 3.63) is 81.8 Å². The Labute approximate surface area is 228 Å². The van der Waals surface area contributed by atoms with Gasteiger partial charge in [0.1, 0.15) is 0 Å². The Bertz CT molecular complexity index is 1400. The third kappa shape index (κ3) is 6.16. The molecule has 8 nitrogen and oxygen atoms in total. The van der Waals surface area contributed by atoms with Crippen molar-refractivity contribution in [2.45, 2.75) is 0 Å². The van der Waals surface area contributed by atoms with Gasteiger partial charge in [-0.1, -0.05) is 24.3 Å². The summed E-state index contributed by atoms with van der Waals surface area (Å²) in [5.74, 6) is -2.18. The second kappa shape index (κ2) is 11.4. The minimum atomic E-state index is -1.09. The Balaban J connectivity index is 1.61. The highest BCUT2D eigenvalue weighted by Gasteiger charge is 2.19. The van der Waals surface area contributed by atoms with Crippen LogP contribution in [0.5, 0.6) is 0 Å². The highest BCUT2D eigenvalue weighted by Crippen LogP contribution is 2.32. The molecular weight excluding hydrogens is 520 g/mol. The summed E-state index contributed by atoms with van der Waals surface area (Å²) in [7, 11) is 7.75. The lowest BCUT2D eigenvalue weighted by molar-refractivity contribution is -0.131. The molecule has 0 fully saturated rings. The van der Waals surface area contributed by atoms with Gasteiger partial charge in [-0.3, -0.25) is 0 Å². The van der Waals surface area contributed by atoms with Gasteiger partial charge in [0.25, 0.3) is 0 Å². The van der Waals surface area contributed by atoms with E-state index in [1.54, 1.807) is 22.9 Å². The number of carboxylic acids is 2. The van der Waals surface area contributed by atoms with E-state index in [2.05, 4.69) is 9.97 Å². The van der Waals surface area contributed by atoms with Gasteiger partial charge in [-0.2, -0.15) is 0 Å². The van der Waals surface area contributed by atoms with Crippen molar-refractivity contribution >= 4 is 69.3 Å². The van der Waals surface area contributed by atoms with Crippen LogP contribution in [0.25, 0.3) is 33.3 Å². The first kappa shape index (κ1) is 26.8. The molecule has 10 heteroatoms. The van der Waals surface area contributed by atoms with Gasteiger partial charge in [-0.25, -0.2) is 19.6 Å². The standard InChI is InChI=1S/C28H26N4O4S2/c1-31(2)19-9-5-17(6-10-19)13-21(27(33)34)23-15-37-25(29-23)26-30-24(16-38-26)22(28(35)36)14-18-7-11-20(12-8-18)32(3)4/h5-16H,1-4H3,(H,33,34)(H,35,36)/b21-13-,22-14+. The number of rotatable bonds is 9. The molecule has 0 saturated heterocycles. The first-order valence-corrected chi connectivity index (χ1v) is 13.2. The fraction of sp³-hybridized carbons (Fsp3) is 0.143. The molecule has 0 radical (unpaired) electrons. The van der Waals surface area contributed by atoms with Gasteiger partial charge in [0.2, 0.25) is 0 Å². The van der Waals surface area contributed by atoms with Gasteiger partial charge in [0.15, 0.2) is 10.0 Å². The maximum Gasteiger partial charge on any atom is 0.337 e. The number of carboxylic acid groups (broad SMARTS) is 2. The quantitative estimate of drug-likeness (QED) is 0.260. The number of carbonyl (C=O) groups is 2. The molecule has 38 heavy (non-hydrogen) atoms. The van der Waals surface area contributed by atoms with Gasteiger partial charge in [0.05, 0.1) is 22.5 Å². The van der Waals surface area contributed by atoms with Crippen LogP contribution in [0.3, 0.4) is 0 Å². The smallest absolute Gasteiger partial charge is 0.337 e. The third-order valence-corrected chi connectivity index (χ3v) is 7.47. The van der Waals surface area contributed by atoms with Gasteiger partial charge in [-0.05, 0) is 47.5 Å². The van der Waals surface area contributed by atoms with E-state index < -0.39 is 11.9 Å². The maximum absolute atomic E-state index is 12.0. The Hall–Kier alpha value is -4.28. The van der Waals surface area contributed by atoms with Gasteiger partial charge in [0, 0.05) is 50.3 Å². The summed E-state index contributed by atoms with van der Waals surface area (Å²) in [4.78, 5) is 37.0. The van der Waals surface area contributed by atoms with Crippen molar-refractivity contribution in [2.75, 3.05) is 38.0 Å². The zero-order valence-electron chi connectivity index (χ0n) is 21.2. The first-order valence-electron chi connectivity index (χ1n) is 11.5. The number of thiazole rings is 2. The summed E-state index contributed by atoms with van der Waals surface area (Å²) >= 11 is 2.52. The van der Waals surface area contributed by atoms with Gasteiger partial charge in [-0.15, -0.1) is 22.7 Å². The number of benzene rings is 2. The Morgan fingerprint density at radius 2 is 1.00 bits per heavy atom. The molecule has 4 rings (SSSR count). The zero-order valence-corrected chi connectivity index (χ0v) is 22.9. The van der Waals surface area contributed by atoms with E-state index in [0.717, 1.165) is 22.5 Å². The molecule has 0 unspecified atom stereocenters. The maximum atomic E-state index is 12.0. The van der Waals surface area contributed by atoms with Crippen LogP contribution in [-0.2, 0) is 9.59 Å². The van der Waals surface area contributed by atoms with Crippen molar-refractivity contribution in [3.63, 3.8) is 0 Å². The number of aromatic nitrogens is 2.